The van der Waals surface area contributed by atoms with Crippen LogP contribution in [0.25, 0.3) is 0 Å². The van der Waals surface area contributed by atoms with Crippen LogP contribution in [0.1, 0.15) is 47.1 Å². The minimum Gasteiger partial charge on any atom is -0.467 e. The van der Waals surface area contributed by atoms with Crippen LogP contribution in [0.3, 0.4) is 0 Å². The van der Waals surface area contributed by atoms with E-state index in [2.05, 4.69) is 10.4 Å². The van der Waals surface area contributed by atoms with Gasteiger partial charge in [-0.25, -0.2) is 9.80 Å². The summed E-state index contributed by atoms with van der Waals surface area (Å²) in [5.74, 6) is -0.203. The Morgan fingerprint density at radius 3 is 2.85 bits per heavy atom. The number of rotatable bonds is 4. The molecule has 9 heteroatoms. The smallest absolute Gasteiger partial charge is 0.325 e. The molecule has 1 aromatic carbocycles. The van der Waals surface area contributed by atoms with Gasteiger partial charge in [0, 0.05) is 6.42 Å². The molecule has 4 heterocycles. The summed E-state index contributed by atoms with van der Waals surface area (Å²) in [6.07, 6.45) is 4.21. The Kier molecular flexibility index (Phi) is 4.88. The number of urea groups is 1. The van der Waals surface area contributed by atoms with E-state index in [1.165, 1.54) is 5.01 Å². The van der Waals surface area contributed by atoms with Crippen LogP contribution in [0, 0.1) is 0 Å². The fourth-order valence-electron chi connectivity index (χ4n) is 5.20. The number of hydrogen-bond donors (Lipinski definition) is 1. The van der Waals surface area contributed by atoms with E-state index in [9.17, 15) is 14.4 Å². The number of nitrogens with zero attached hydrogens (tertiary/aromatic N) is 3. The molecular formula is C25H22N4O4S. The third kappa shape index (κ3) is 3.19. The van der Waals surface area contributed by atoms with Crippen LogP contribution in [0.5, 0.6) is 0 Å². The second-order valence-corrected chi connectivity index (χ2v) is 9.68. The number of thiophene rings is 1. The molecule has 3 aromatic rings. The highest BCUT2D eigenvalue weighted by atomic mass is 32.1. The fraction of sp³-hybridized carbons (Fsp3) is 0.280. The standard InChI is InChI=1S/C25H22N4O4S/c30-22(29-19(20-9-4-12-33-20)14-18(27-29)21-10-5-13-34-21)15-28-23(31)25(26-24(28)32)11-3-7-16-6-1-2-8-17(16)25/h1-2,4-6,8-10,12-13,19H,3,7,11,14-15H2,(H,26,32). The Labute approximate surface area is 199 Å². The van der Waals surface area contributed by atoms with Crippen molar-refractivity contribution < 1.29 is 18.8 Å². The van der Waals surface area contributed by atoms with Gasteiger partial charge < -0.3 is 9.73 Å². The lowest BCUT2D eigenvalue weighted by Crippen LogP contribution is -2.47. The first kappa shape index (κ1) is 20.9. The van der Waals surface area contributed by atoms with Crippen LogP contribution in [-0.4, -0.2) is 40.0 Å². The van der Waals surface area contributed by atoms with Gasteiger partial charge in [-0.3, -0.25) is 14.5 Å². The third-order valence-corrected chi connectivity index (χ3v) is 7.71. The Morgan fingerprint density at radius 2 is 2.06 bits per heavy atom. The minimum atomic E-state index is -1.11. The van der Waals surface area contributed by atoms with Crippen LogP contribution in [0.2, 0.25) is 0 Å². The molecule has 1 aliphatic carbocycles. The molecule has 0 radical (unpaired) electrons. The van der Waals surface area contributed by atoms with Crippen LogP contribution in [0.4, 0.5) is 4.79 Å². The summed E-state index contributed by atoms with van der Waals surface area (Å²) in [6.45, 7) is -0.382. The maximum Gasteiger partial charge on any atom is 0.325 e. The van der Waals surface area contributed by atoms with Crippen molar-refractivity contribution in [2.24, 2.45) is 5.10 Å². The van der Waals surface area contributed by atoms with Gasteiger partial charge in [0.1, 0.15) is 23.9 Å². The zero-order valence-electron chi connectivity index (χ0n) is 18.3. The quantitative estimate of drug-likeness (QED) is 0.582. The van der Waals surface area contributed by atoms with Gasteiger partial charge in [0.05, 0.1) is 16.9 Å². The number of benzene rings is 1. The number of imide groups is 1. The average Bonchev–Trinajstić information content (AvgIpc) is 3.64. The predicted molar refractivity (Wildman–Crippen MR) is 125 cm³/mol. The molecule has 1 N–H and O–H groups in total. The lowest BCUT2D eigenvalue weighted by molar-refractivity contribution is -0.140. The van der Waals surface area contributed by atoms with Gasteiger partial charge in [-0.2, -0.15) is 5.10 Å². The molecule has 2 atom stereocenters. The van der Waals surface area contributed by atoms with Crippen LogP contribution in [-0.2, 0) is 21.5 Å². The molecule has 2 aromatic heterocycles. The summed E-state index contributed by atoms with van der Waals surface area (Å²) in [7, 11) is 0. The summed E-state index contributed by atoms with van der Waals surface area (Å²) < 4.78 is 5.58. The number of amides is 4. The van der Waals surface area contributed by atoms with Crippen molar-refractivity contribution >= 4 is 34.9 Å². The van der Waals surface area contributed by atoms with Crippen molar-refractivity contribution in [3.63, 3.8) is 0 Å². The lowest BCUT2D eigenvalue weighted by atomic mass is 9.76. The molecule has 172 valence electrons. The number of nitrogens with one attached hydrogen (secondary N) is 1. The number of hydrazone groups is 1. The maximum atomic E-state index is 13.6. The molecule has 2 aliphatic heterocycles. The number of carbonyl (C=O) groups excluding carboxylic acids is 3. The molecule has 3 aliphatic rings. The summed E-state index contributed by atoms with van der Waals surface area (Å²) in [6, 6.07) is 14.2. The number of hydrogen-bond acceptors (Lipinski definition) is 6. The fourth-order valence-corrected chi connectivity index (χ4v) is 5.92. The second kappa shape index (κ2) is 7.95. The highest BCUT2D eigenvalue weighted by Gasteiger charge is 2.54. The molecule has 0 bridgehead atoms. The van der Waals surface area contributed by atoms with Gasteiger partial charge in [0.25, 0.3) is 11.8 Å². The molecule has 0 saturated carbocycles. The number of carbonyl (C=O) groups is 3. The molecule has 4 amide bonds. The second-order valence-electron chi connectivity index (χ2n) is 8.74. The minimum absolute atomic E-state index is 0.380. The highest BCUT2D eigenvalue weighted by molar-refractivity contribution is 7.12. The summed E-state index contributed by atoms with van der Waals surface area (Å²) in [5.41, 5.74) is 1.54. The van der Waals surface area contributed by atoms with Gasteiger partial charge in [0.2, 0.25) is 0 Å². The Bertz CT molecular complexity index is 1300. The molecule has 1 fully saturated rings. The molecule has 8 nitrogen and oxygen atoms in total. The van der Waals surface area contributed by atoms with E-state index in [0.29, 0.717) is 18.6 Å². The van der Waals surface area contributed by atoms with Gasteiger partial charge in [-0.1, -0.05) is 30.3 Å². The number of aryl methyl sites for hydroxylation is 1. The van der Waals surface area contributed by atoms with Crippen molar-refractivity contribution in [1.82, 2.24) is 15.2 Å². The Balaban J connectivity index is 1.29. The zero-order valence-corrected chi connectivity index (χ0v) is 19.1. The monoisotopic (exact) mass is 474 g/mol. The summed E-state index contributed by atoms with van der Waals surface area (Å²) in [5, 5.41) is 10.8. The lowest BCUT2D eigenvalue weighted by Gasteiger charge is -2.33. The molecule has 2 unspecified atom stereocenters. The van der Waals surface area contributed by atoms with Crippen molar-refractivity contribution in [2.45, 2.75) is 37.3 Å². The van der Waals surface area contributed by atoms with E-state index >= 15 is 0 Å². The molecule has 34 heavy (non-hydrogen) atoms. The van der Waals surface area contributed by atoms with E-state index in [1.54, 1.807) is 29.7 Å². The van der Waals surface area contributed by atoms with Gasteiger partial charge >= 0.3 is 6.03 Å². The largest absolute Gasteiger partial charge is 0.467 e. The summed E-state index contributed by atoms with van der Waals surface area (Å²) in [4.78, 5) is 42.0. The molecular weight excluding hydrogens is 452 g/mol. The van der Waals surface area contributed by atoms with E-state index in [-0.39, 0.29) is 12.5 Å². The predicted octanol–water partition coefficient (Wildman–Crippen LogP) is 3.80. The van der Waals surface area contributed by atoms with Gasteiger partial charge in [-0.15, -0.1) is 11.3 Å². The van der Waals surface area contributed by atoms with E-state index < -0.39 is 23.5 Å². The molecule has 1 spiro atoms. The Morgan fingerprint density at radius 1 is 1.18 bits per heavy atom. The van der Waals surface area contributed by atoms with Gasteiger partial charge in [0.15, 0.2) is 0 Å². The first-order valence-corrected chi connectivity index (χ1v) is 12.1. The zero-order chi connectivity index (χ0) is 23.3. The van der Waals surface area contributed by atoms with Gasteiger partial charge in [-0.05, 0) is 54.0 Å². The highest BCUT2D eigenvalue weighted by Crippen LogP contribution is 2.40. The van der Waals surface area contributed by atoms with Crippen LogP contribution < -0.4 is 5.32 Å². The number of fused-ring (bicyclic) bond motifs is 2. The van der Waals surface area contributed by atoms with Crippen LogP contribution in [0.15, 0.2) is 69.7 Å². The molecule has 6 rings (SSSR count). The van der Waals surface area contributed by atoms with Crippen molar-refractivity contribution in [1.29, 1.82) is 0 Å². The average molecular weight is 475 g/mol. The van der Waals surface area contributed by atoms with Crippen molar-refractivity contribution in [3.8, 4) is 0 Å². The SMILES string of the molecule is O=C1NC2(CCCc3ccccc32)C(=O)N1CC(=O)N1N=C(c2cccs2)CC1c1ccco1. The summed E-state index contributed by atoms with van der Waals surface area (Å²) >= 11 is 1.55. The normalized spacial score (nSPS) is 23.9. The van der Waals surface area contributed by atoms with E-state index in [4.69, 9.17) is 4.42 Å². The molecule has 1 saturated heterocycles. The van der Waals surface area contributed by atoms with Crippen LogP contribution >= 0.6 is 11.3 Å². The van der Waals surface area contributed by atoms with Crippen molar-refractivity contribution in [2.75, 3.05) is 6.54 Å². The Hall–Kier alpha value is -3.72. The first-order valence-electron chi connectivity index (χ1n) is 11.3. The first-order chi connectivity index (χ1) is 16.6. The van der Waals surface area contributed by atoms with E-state index in [1.807, 2.05) is 41.8 Å². The maximum absolute atomic E-state index is 13.6. The third-order valence-electron chi connectivity index (χ3n) is 6.79. The topological polar surface area (TPSA) is 95.2 Å². The number of furan rings is 1. The van der Waals surface area contributed by atoms with E-state index in [0.717, 1.165) is 39.5 Å². The van der Waals surface area contributed by atoms with Crippen molar-refractivity contribution in [3.05, 3.63) is 81.9 Å².